The lowest BCUT2D eigenvalue weighted by Gasteiger charge is -2.05. The molecular weight excluding hydrogens is 388 g/mol. The molecule has 0 radical (unpaired) electrons. The molecule has 0 saturated carbocycles. The van der Waals surface area contributed by atoms with Crippen molar-refractivity contribution in [3.8, 4) is 22.6 Å². The molecule has 0 bridgehead atoms. The van der Waals surface area contributed by atoms with Crippen LogP contribution in [0.1, 0.15) is 16.3 Å². The number of furan rings is 2. The van der Waals surface area contributed by atoms with Crippen LogP contribution in [0.4, 0.5) is 11.4 Å². The highest BCUT2D eigenvalue weighted by Crippen LogP contribution is 2.27. The Bertz CT molecular complexity index is 1220. The van der Waals surface area contributed by atoms with E-state index in [2.05, 4.69) is 5.32 Å². The van der Waals surface area contributed by atoms with Gasteiger partial charge in [0, 0.05) is 28.9 Å². The number of benzene rings is 2. The van der Waals surface area contributed by atoms with Crippen molar-refractivity contribution in [1.29, 1.82) is 0 Å². The van der Waals surface area contributed by atoms with E-state index >= 15 is 0 Å². The van der Waals surface area contributed by atoms with Crippen LogP contribution < -0.4 is 5.32 Å². The van der Waals surface area contributed by atoms with Gasteiger partial charge in [-0.1, -0.05) is 24.3 Å². The van der Waals surface area contributed by atoms with Crippen molar-refractivity contribution in [2.45, 2.75) is 6.61 Å². The average molecular weight is 404 g/mol. The van der Waals surface area contributed by atoms with Crippen LogP contribution in [0.3, 0.4) is 0 Å². The fourth-order valence-corrected chi connectivity index (χ4v) is 2.95. The normalized spacial score (nSPS) is 10.7. The summed E-state index contributed by atoms with van der Waals surface area (Å²) in [4.78, 5) is 23.0. The van der Waals surface area contributed by atoms with E-state index in [1.54, 1.807) is 48.5 Å². The van der Waals surface area contributed by atoms with E-state index in [-0.39, 0.29) is 18.1 Å². The molecule has 150 valence electrons. The van der Waals surface area contributed by atoms with Crippen molar-refractivity contribution < 1.29 is 23.7 Å². The zero-order valence-electron chi connectivity index (χ0n) is 15.6. The summed E-state index contributed by atoms with van der Waals surface area (Å²) in [5.41, 5.74) is 1.72. The summed E-state index contributed by atoms with van der Waals surface area (Å²) in [6, 6.07) is 19.6. The Morgan fingerprint density at radius 1 is 0.933 bits per heavy atom. The fourth-order valence-electron chi connectivity index (χ4n) is 2.95. The summed E-state index contributed by atoms with van der Waals surface area (Å²) in [6.45, 7) is -0.193. The highest BCUT2D eigenvalue weighted by atomic mass is 16.6. The molecule has 2 heterocycles. The lowest BCUT2D eigenvalue weighted by molar-refractivity contribution is -0.384. The average Bonchev–Trinajstić information content (AvgIpc) is 3.44. The largest absolute Gasteiger partial charge is 0.459 e. The highest BCUT2D eigenvalue weighted by molar-refractivity contribution is 6.02. The van der Waals surface area contributed by atoms with Gasteiger partial charge in [-0.25, -0.2) is 0 Å². The van der Waals surface area contributed by atoms with Crippen molar-refractivity contribution in [2.75, 3.05) is 5.32 Å². The third kappa shape index (κ3) is 3.98. The van der Waals surface area contributed by atoms with E-state index in [0.29, 0.717) is 28.5 Å². The van der Waals surface area contributed by atoms with Gasteiger partial charge in [0.2, 0.25) is 0 Å². The lowest BCUT2D eigenvalue weighted by atomic mass is 10.1. The number of aliphatic hydroxyl groups excluding tert-OH is 1. The molecule has 0 saturated heterocycles. The predicted molar refractivity (Wildman–Crippen MR) is 109 cm³/mol. The molecular formula is C22H16N2O6. The Hall–Kier alpha value is -4.17. The molecule has 1 amide bonds. The van der Waals surface area contributed by atoms with Gasteiger partial charge >= 0.3 is 0 Å². The van der Waals surface area contributed by atoms with Crippen molar-refractivity contribution in [3.05, 3.63) is 94.4 Å². The first kappa shape index (κ1) is 19.2. The molecule has 0 aliphatic rings. The SMILES string of the molecule is O=C(Nc1cccc(-c2ccc(CO)o2)c1)c1ccc(-c2cccc([N+](=O)[O-])c2)o1. The maximum Gasteiger partial charge on any atom is 0.291 e. The van der Waals surface area contributed by atoms with Gasteiger partial charge in [-0.2, -0.15) is 0 Å². The Morgan fingerprint density at radius 2 is 1.63 bits per heavy atom. The van der Waals surface area contributed by atoms with Gasteiger partial charge in [-0.15, -0.1) is 0 Å². The monoisotopic (exact) mass is 404 g/mol. The number of nitrogens with one attached hydrogen (secondary N) is 1. The molecule has 2 aromatic heterocycles. The molecule has 0 fully saturated rings. The number of non-ortho nitro benzene ring substituents is 1. The first-order chi connectivity index (χ1) is 14.5. The predicted octanol–water partition coefficient (Wildman–Crippen LogP) is 4.86. The maximum absolute atomic E-state index is 12.6. The number of amides is 1. The van der Waals surface area contributed by atoms with Crippen molar-refractivity contribution >= 4 is 17.3 Å². The lowest BCUT2D eigenvalue weighted by Crippen LogP contribution is -2.10. The Morgan fingerprint density at radius 3 is 2.37 bits per heavy atom. The number of carbonyl (C=O) groups excluding carboxylic acids is 1. The second-order valence-corrected chi connectivity index (χ2v) is 6.43. The number of anilines is 1. The number of hydrogen-bond acceptors (Lipinski definition) is 6. The summed E-state index contributed by atoms with van der Waals surface area (Å²) >= 11 is 0. The van der Waals surface area contributed by atoms with E-state index in [1.807, 2.05) is 6.07 Å². The second-order valence-electron chi connectivity index (χ2n) is 6.43. The van der Waals surface area contributed by atoms with Crippen LogP contribution in [-0.2, 0) is 6.61 Å². The molecule has 0 aliphatic carbocycles. The Balaban J connectivity index is 1.52. The maximum atomic E-state index is 12.6. The van der Waals surface area contributed by atoms with E-state index < -0.39 is 10.8 Å². The molecule has 8 nitrogen and oxygen atoms in total. The zero-order chi connectivity index (χ0) is 21.1. The van der Waals surface area contributed by atoms with Gasteiger partial charge < -0.3 is 19.3 Å². The van der Waals surface area contributed by atoms with Crippen LogP contribution in [0.15, 0.2) is 81.6 Å². The van der Waals surface area contributed by atoms with E-state index in [1.165, 1.54) is 18.2 Å². The summed E-state index contributed by atoms with van der Waals surface area (Å²) in [5.74, 6) is 0.983. The smallest absolute Gasteiger partial charge is 0.291 e. The standard InChI is InChI=1S/C22H16N2O6/c25-13-18-7-8-19(29-18)14-3-1-5-16(11-14)23-22(26)21-10-9-20(30-21)15-4-2-6-17(12-15)24(27)28/h1-12,25H,13H2,(H,23,26). The van der Waals surface area contributed by atoms with Gasteiger partial charge in [0.15, 0.2) is 5.76 Å². The van der Waals surface area contributed by atoms with Crippen molar-refractivity contribution in [2.24, 2.45) is 0 Å². The van der Waals surface area contributed by atoms with Crippen LogP contribution in [0.2, 0.25) is 0 Å². The number of rotatable bonds is 6. The van der Waals surface area contributed by atoms with Gasteiger partial charge in [0.1, 0.15) is 23.9 Å². The van der Waals surface area contributed by atoms with Crippen molar-refractivity contribution in [3.63, 3.8) is 0 Å². The highest BCUT2D eigenvalue weighted by Gasteiger charge is 2.15. The van der Waals surface area contributed by atoms with E-state index in [4.69, 9.17) is 13.9 Å². The molecule has 2 aromatic carbocycles. The van der Waals surface area contributed by atoms with Crippen molar-refractivity contribution in [1.82, 2.24) is 0 Å². The molecule has 2 N–H and O–H groups in total. The molecule has 0 unspecified atom stereocenters. The third-order valence-electron chi connectivity index (χ3n) is 4.39. The van der Waals surface area contributed by atoms with Crippen LogP contribution in [-0.4, -0.2) is 15.9 Å². The van der Waals surface area contributed by atoms with Crippen LogP contribution in [0.25, 0.3) is 22.6 Å². The number of nitrogens with zero attached hydrogens (tertiary/aromatic N) is 1. The number of carbonyl (C=O) groups is 1. The Kier molecular flexibility index (Phi) is 5.15. The van der Waals surface area contributed by atoms with E-state index in [0.717, 1.165) is 5.56 Å². The first-order valence-electron chi connectivity index (χ1n) is 8.99. The summed E-state index contributed by atoms with van der Waals surface area (Å²) in [6.07, 6.45) is 0. The van der Waals surface area contributed by atoms with Gasteiger partial charge in [0.25, 0.3) is 11.6 Å². The van der Waals surface area contributed by atoms with Gasteiger partial charge in [-0.05, 0) is 36.4 Å². The number of nitro benzene ring substituents is 1. The summed E-state index contributed by atoms with van der Waals surface area (Å²) < 4.78 is 11.1. The number of aliphatic hydroxyl groups is 1. The fraction of sp³-hybridized carbons (Fsp3) is 0.0455. The number of nitro groups is 1. The molecule has 0 spiro atoms. The Labute approximate surface area is 170 Å². The van der Waals surface area contributed by atoms with Gasteiger partial charge in [0.05, 0.1) is 4.92 Å². The molecule has 30 heavy (non-hydrogen) atoms. The minimum Gasteiger partial charge on any atom is -0.459 e. The molecule has 4 aromatic rings. The minimum atomic E-state index is -0.490. The van der Waals surface area contributed by atoms with Crippen LogP contribution in [0, 0.1) is 10.1 Å². The van der Waals surface area contributed by atoms with E-state index in [9.17, 15) is 14.9 Å². The molecule has 0 atom stereocenters. The summed E-state index contributed by atoms with van der Waals surface area (Å²) in [5, 5.41) is 22.8. The van der Waals surface area contributed by atoms with Crippen LogP contribution >= 0.6 is 0 Å². The molecule has 4 rings (SSSR count). The summed E-state index contributed by atoms with van der Waals surface area (Å²) in [7, 11) is 0. The molecule has 8 heteroatoms. The third-order valence-corrected chi connectivity index (χ3v) is 4.39. The topological polar surface area (TPSA) is 119 Å². The molecule has 0 aliphatic heterocycles. The quantitative estimate of drug-likeness (QED) is 0.350. The second kappa shape index (κ2) is 8.06. The van der Waals surface area contributed by atoms with Gasteiger partial charge in [-0.3, -0.25) is 14.9 Å². The zero-order valence-corrected chi connectivity index (χ0v) is 15.6. The first-order valence-corrected chi connectivity index (χ1v) is 8.99. The van der Waals surface area contributed by atoms with Crippen LogP contribution in [0.5, 0.6) is 0 Å². The minimum absolute atomic E-state index is 0.0611. The number of hydrogen-bond donors (Lipinski definition) is 2.